The summed E-state index contributed by atoms with van der Waals surface area (Å²) in [6.45, 7) is 10.4. The Morgan fingerprint density at radius 2 is 1.58 bits per heavy atom. The van der Waals surface area contributed by atoms with Crippen LogP contribution in [0.2, 0.25) is 0 Å². The largest absolute Gasteiger partial charge is 0.542 e. The first kappa shape index (κ1) is 18.2. The summed E-state index contributed by atoms with van der Waals surface area (Å²) in [5.74, 6) is -3.01. The van der Waals surface area contributed by atoms with E-state index in [0.717, 1.165) is 11.2 Å². The lowest BCUT2D eigenvalue weighted by Crippen LogP contribution is -2.59. The lowest BCUT2D eigenvalue weighted by atomic mass is 10.0. The lowest BCUT2D eigenvalue weighted by Gasteiger charge is -2.44. The number of alkyl halides is 3. The lowest BCUT2D eigenvalue weighted by molar-refractivity contribution is -0.976. The number of halogens is 3. The Bertz CT molecular complexity index is 292. The van der Waals surface area contributed by atoms with Gasteiger partial charge in [0.1, 0.15) is 5.97 Å². The number of nitrogens with zero attached hydrogens (tertiary/aromatic N) is 1. The Hall–Kier alpha value is -0.820. The van der Waals surface area contributed by atoms with Crippen LogP contribution in [0.4, 0.5) is 13.2 Å². The van der Waals surface area contributed by atoms with E-state index in [1.165, 1.54) is 25.9 Å². The zero-order valence-corrected chi connectivity index (χ0v) is 11.8. The number of methoxy groups -OCH3 is 1. The number of hydrogen-bond acceptors (Lipinski definition) is 3. The van der Waals surface area contributed by atoms with Gasteiger partial charge >= 0.3 is 6.18 Å². The number of carbonyl (C=O) groups is 1. The Labute approximate surface area is 111 Å². The van der Waals surface area contributed by atoms with Crippen molar-refractivity contribution in [3.8, 4) is 0 Å². The molecular formula is C12H22F3NO3. The minimum absolute atomic E-state index is 0.340. The average molecular weight is 285 g/mol. The second-order valence-electron chi connectivity index (χ2n) is 5.67. The van der Waals surface area contributed by atoms with Gasteiger partial charge in [0, 0.05) is 20.0 Å². The molecule has 1 saturated heterocycles. The van der Waals surface area contributed by atoms with Crippen molar-refractivity contribution in [2.75, 3.05) is 26.9 Å². The van der Waals surface area contributed by atoms with Crippen molar-refractivity contribution < 1.29 is 32.3 Å². The molecule has 0 atom stereocenters. The summed E-state index contributed by atoms with van der Waals surface area (Å²) in [5.41, 5.74) is 0.340. The van der Waals surface area contributed by atoms with Crippen molar-refractivity contribution in [1.29, 1.82) is 0 Å². The molecule has 0 unspecified atom stereocenters. The van der Waals surface area contributed by atoms with Gasteiger partial charge in [0.15, 0.2) is 6.73 Å². The molecule has 0 aromatic rings. The summed E-state index contributed by atoms with van der Waals surface area (Å²) in [5, 5.41) is 8.78. The zero-order valence-electron chi connectivity index (χ0n) is 11.8. The van der Waals surface area contributed by atoms with Crippen molar-refractivity contribution in [3.05, 3.63) is 0 Å². The smallest absolute Gasteiger partial charge is 0.430 e. The van der Waals surface area contributed by atoms with Gasteiger partial charge in [0.2, 0.25) is 0 Å². The third kappa shape index (κ3) is 5.36. The highest BCUT2D eigenvalue weighted by molar-refractivity contribution is 5.70. The maximum Gasteiger partial charge on any atom is 0.430 e. The fourth-order valence-corrected chi connectivity index (χ4v) is 2.18. The predicted molar refractivity (Wildman–Crippen MR) is 61.9 cm³/mol. The van der Waals surface area contributed by atoms with Gasteiger partial charge in [-0.05, 0) is 20.8 Å². The molecule has 0 aromatic carbocycles. The fraction of sp³-hybridized carbons (Fsp3) is 0.917. The molecule has 1 heterocycles. The minimum atomic E-state index is -5.19. The summed E-state index contributed by atoms with van der Waals surface area (Å²) in [6.07, 6.45) is -2.47. The highest BCUT2D eigenvalue weighted by Gasteiger charge is 2.42. The maximum absolute atomic E-state index is 10.5. The van der Waals surface area contributed by atoms with Gasteiger partial charge in [-0.2, -0.15) is 13.2 Å². The van der Waals surface area contributed by atoms with Crippen LogP contribution in [-0.2, 0) is 9.53 Å². The van der Waals surface area contributed by atoms with Crippen molar-refractivity contribution in [2.24, 2.45) is 0 Å². The predicted octanol–water partition coefficient (Wildman–Crippen LogP) is 1.30. The van der Waals surface area contributed by atoms with E-state index in [0.29, 0.717) is 5.54 Å². The van der Waals surface area contributed by atoms with Gasteiger partial charge in [-0.1, -0.05) is 0 Å². The van der Waals surface area contributed by atoms with Crippen LogP contribution < -0.4 is 5.11 Å². The average Bonchev–Trinajstić information content (AvgIpc) is 2.66. The van der Waals surface area contributed by atoms with Crippen LogP contribution in [0.15, 0.2) is 0 Å². The Morgan fingerprint density at radius 3 is 1.79 bits per heavy atom. The molecular weight excluding hydrogens is 263 g/mol. The summed E-state index contributed by atoms with van der Waals surface area (Å²) in [7, 11) is 1.81. The number of quaternary nitrogens is 1. The number of likely N-dealkylation sites (tertiary alicyclic amines) is 1. The molecule has 19 heavy (non-hydrogen) atoms. The van der Waals surface area contributed by atoms with E-state index in [1.807, 2.05) is 7.11 Å². The first-order valence-electron chi connectivity index (χ1n) is 6.09. The Balaban J connectivity index is 0.000000399. The van der Waals surface area contributed by atoms with Gasteiger partial charge in [-0.25, -0.2) is 0 Å². The van der Waals surface area contributed by atoms with Crippen molar-refractivity contribution in [1.82, 2.24) is 0 Å². The van der Waals surface area contributed by atoms with Gasteiger partial charge < -0.3 is 14.6 Å². The van der Waals surface area contributed by atoms with Gasteiger partial charge in [0.25, 0.3) is 0 Å². The first-order valence-corrected chi connectivity index (χ1v) is 6.09. The molecule has 7 heteroatoms. The zero-order chi connectivity index (χ0) is 15.3. The van der Waals surface area contributed by atoms with E-state index in [9.17, 15) is 13.2 Å². The molecule has 1 fully saturated rings. The van der Waals surface area contributed by atoms with Crippen LogP contribution in [0.3, 0.4) is 0 Å². The van der Waals surface area contributed by atoms with E-state index >= 15 is 0 Å². The van der Waals surface area contributed by atoms with Gasteiger partial charge in [-0.15, -0.1) is 0 Å². The topological polar surface area (TPSA) is 49.4 Å². The SMILES string of the molecule is COC[N+]1(C(C)(C)C)CCCC1.O=C([O-])C(F)(F)F. The Kier molecular flexibility index (Phi) is 6.28. The van der Waals surface area contributed by atoms with Crippen LogP contribution in [0.25, 0.3) is 0 Å². The third-order valence-electron chi connectivity index (χ3n) is 3.45. The number of ether oxygens (including phenoxy) is 1. The molecule has 0 radical (unpaired) electrons. The molecule has 0 aliphatic carbocycles. The fourth-order valence-electron chi connectivity index (χ4n) is 2.18. The molecule has 0 amide bonds. The van der Waals surface area contributed by atoms with Crippen molar-refractivity contribution in [2.45, 2.75) is 45.3 Å². The molecule has 1 aliphatic rings. The van der Waals surface area contributed by atoms with Crippen LogP contribution in [-0.4, -0.2) is 49.1 Å². The van der Waals surface area contributed by atoms with Crippen molar-refractivity contribution >= 4 is 5.97 Å². The summed E-state index contributed by atoms with van der Waals surface area (Å²) in [4.78, 5) is 8.78. The van der Waals surface area contributed by atoms with Crippen LogP contribution in [0.1, 0.15) is 33.6 Å². The molecule has 0 N–H and O–H groups in total. The standard InChI is InChI=1S/C10H22NO.C2HF3O2/c1-10(2,3)11(9-12-4)7-5-6-8-11;3-2(4,5)1(6)7/h5-9H2,1-4H3;(H,6,7)/q+1;/p-1. The summed E-state index contributed by atoms with van der Waals surface area (Å²) >= 11 is 0. The van der Waals surface area contributed by atoms with Crippen LogP contribution >= 0.6 is 0 Å². The molecule has 1 rings (SSSR count). The first-order chi connectivity index (χ1) is 8.46. The summed E-state index contributed by atoms with van der Waals surface area (Å²) < 4.78 is 38.0. The van der Waals surface area contributed by atoms with E-state index in [1.54, 1.807) is 0 Å². The van der Waals surface area contributed by atoms with Crippen LogP contribution in [0, 0.1) is 0 Å². The number of carbonyl (C=O) groups excluding carboxylic acids is 1. The second kappa shape index (κ2) is 6.56. The molecule has 114 valence electrons. The molecule has 0 spiro atoms. The van der Waals surface area contributed by atoms with Gasteiger partial charge in [0.05, 0.1) is 18.6 Å². The van der Waals surface area contributed by atoms with E-state index in [2.05, 4.69) is 20.8 Å². The maximum atomic E-state index is 10.5. The number of rotatable bonds is 2. The highest BCUT2D eigenvalue weighted by Crippen LogP contribution is 2.30. The number of carboxylic acids is 1. The van der Waals surface area contributed by atoms with E-state index in [4.69, 9.17) is 14.6 Å². The van der Waals surface area contributed by atoms with Crippen LogP contribution in [0.5, 0.6) is 0 Å². The quantitative estimate of drug-likeness (QED) is 0.719. The van der Waals surface area contributed by atoms with Crippen molar-refractivity contribution in [3.63, 3.8) is 0 Å². The number of carboxylic acid groups (broad SMARTS) is 1. The minimum Gasteiger partial charge on any atom is -0.542 e. The Morgan fingerprint density at radius 1 is 1.21 bits per heavy atom. The second-order valence-corrected chi connectivity index (χ2v) is 5.67. The molecule has 0 saturated carbocycles. The molecule has 0 aromatic heterocycles. The molecule has 4 nitrogen and oxygen atoms in total. The highest BCUT2D eigenvalue weighted by atomic mass is 19.4. The van der Waals surface area contributed by atoms with E-state index in [-0.39, 0.29) is 0 Å². The molecule has 1 aliphatic heterocycles. The molecule has 0 bridgehead atoms. The van der Waals surface area contributed by atoms with E-state index < -0.39 is 12.1 Å². The van der Waals surface area contributed by atoms with Gasteiger partial charge in [-0.3, -0.25) is 4.48 Å². The number of aliphatic carboxylic acids is 1. The monoisotopic (exact) mass is 285 g/mol. The number of hydrogen-bond donors (Lipinski definition) is 0. The third-order valence-corrected chi connectivity index (χ3v) is 3.45. The summed E-state index contributed by atoms with van der Waals surface area (Å²) in [6, 6.07) is 0. The normalized spacial score (nSPS) is 18.7.